The number of aromatic amines is 1. The maximum atomic E-state index is 13.3. The normalized spacial score (nSPS) is 14.2. The first kappa shape index (κ1) is 23.5. The first-order valence-electron chi connectivity index (χ1n) is 12.1. The summed E-state index contributed by atoms with van der Waals surface area (Å²) in [5.41, 5.74) is 3.91. The summed E-state index contributed by atoms with van der Waals surface area (Å²) >= 11 is 0. The number of aryl methyl sites for hydroxylation is 3. The monoisotopic (exact) mass is 483 g/mol. The Morgan fingerprint density at radius 2 is 1.61 bits per heavy atom. The summed E-state index contributed by atoms with van der Waals surface area (Å²) < 4.78 is 1.56. The Balaban J connectivity index is 1.33. The van der Waals surface area contributed by atoms with Crippen molar-refractivity contribution in [3.05, 3.63) is 93.0 Å². The second-order valence-corrected chi connectivity index (χ2v) is 9.45. The zero-order valence-corrected chi connectivity index (χ0v) is 20.7. The van der Waals surface area contributed by atoms with E-state index < -0.39 is 0 Å². The molecule has 0 bridgehead atoms. The molecule has 0 spiro atoms. The van der Waals surface area contributed by atoms with Crippen LogP contribution in [0, 0.1) is 20.8 Å². The van der Waals surface area contributed by atoms with Crippen LogP contribution >= 0.6 is 0 Å². The lowest BCUT2D eigenvalue weighted by Gasteiger charge is -2.32. The van der Waals surface area contributed by atoms with Gasteiger partial charge in [-0.25, -0.2) is 14.5 Å². The van der Waals surface area contributed by atoms with E-state index in [4.69, 9.17) is 0 Å². The van der Waals surface area contributed by atoms with Crippen LogP contribution in [-0.4, -0.2) is 43.7 Å². The lowest BCUT2D eigenvalue weighted by atomic mass is 9.98. The van der Waals surface area contributed by atoms with Crippen LogP contribution in [0.4, 0.5) is 5.82 Å². The summed E-state index contributed by atoms with van der Waals surface area (Å²) in [6.45, 7) is 6.87. The topological polar surface area (TPSA) is 104 Å². The third-order valence-corrected chi connectivity index (χ3v) is 6.78. The van der Waals surface area contributed by atoms with E-state index >= 15 is 0 Å². The van der Waals surface area contributed by atoms with Crippen LogP contribution in [-0.2, 0) is 0 Å². The number of anilines is 1. The van der Waals surface area contributed by atoms with E-state index in [1.165, 1.54) is 0 Å². The first-order valence-corrected chi connectivity index (χ1v) is 12.1. The molecule has 2 aromatic carbocycles. The fraction of sp³-hybridized carbons (Fsp3) is 0.286. The van der Waals surface area contributed by atoms with Crippen molar-refractivity contribution in [2.45, 2.75) is 39.7 Å². The van der Waals surface area contributed by atoms with E-state index in [2.05, 4.69) is 20.0 Å². The molecule has 1 aliphatic rings. The summed E-state index contributed by atoms with van der Waals surface area (Å²) in [7, 11) is 0. The zero-order chi connectivity index (χ0) is 25.4. The van der Waals surface area contributed by atoms with Gasteiger partial charge in [0.2, 0.25) is 0 Å². The Kier molecular flexibility index (Phi) is 6.18. The average molecular weight is 484 g/mol. The largest absolute Gasteiger partial charge is 0.507 e. The van der Waals surface area contributed by atoms with Gasteiger partial charge in [0.1, 0.15) is 11.6 Å². The molecule has 5 rings (SSSR count). The van der Waals surface area contributed by atoms with Gasteiger partial charge < -0.3 is 10.0 Å². The minimum atomic E-state index is -0.201. The summed E-state index contributed by atoms with van der Waals surface area (Å²) in [5, 5.41) is 14.6. The molecule has 0 atom stereocenters. The Bertz CT molecular complexity index is 1460. The third-order valence-electron chi connectivity index (χ3n) is 6.78. The van der Waals surface area contributed by atoms with Crippen LogP contribution in [0.15, 0.2) is 59.4 Å². The van der Waals surface area contributed by atoms with Gasteiger partial charge in [0.25, 0.3) is 0 Å². The highest BCUT2D eigenvalue weighted by atomic mass is 16.3. The number of carbonyl (C=O) groups excluding carboxylic acids is 1. The second kappa shape index (κ2) is 9.45. The number of ketones is 1. The minimum absolute atomic E-state index is 0.00341. The number of aromatic nitrogens is 4. The standard InChI is InChI=1S/C28H29N5O3/c1-17-13-21(14-18(2)25(17)34)26(35)22-15-19(3)29-24(16-22)32-11-9-23(10-12-32)33-28(36)30-27(31-33)20-7-5-4-6-8-20/h4-8,13-16,23,34H,9-12H2,1-3H3,(H,30,31,36). The van der Waals surface area contributed by atoms with Crippen molar-refractivity contribution in [1.29, 1.82) is 0 Å². The molecule has 8 heteroatoms. The van der Waals surface area contributed by atoms with Gasteiger partial charge in [0.05, 0.1) is 6.04 Å². The van der Waals surface area contributed by atoms with E-state index in [-0.39, 0.29) is 23.3 Å². The molecule has 0 saturated carbocycles. The van der Waals surface area contributed by atoms with E-state index in [9.17, 15) is 14.7 Å². The molecule has 1 aliphatic heterocycles. The molecule has 0 amide bonds. The minimum Gasteiger partial charge on any atom is -0.507 e. The number of piperidine rings is 1. The number of rotatable bonds is 5. The fourth-order valence-corrected chi connectivity index (χ4v) is 4.85. The average Bonchev–Trinajstić information content (AvgIpc) is 3.28. The molecular formula is C28H29N5O3. The summed E-state index contributed by atoms with van der Waals surface area (Å²) in [6.07, 6.45) is 1.49. The van der Waals surface area contributed by atoms with E-state index in [1.54, 1.807) is 36.7 Å². The number of phenolic OH excluding ortho intramolecular Hbond substituents is 1. The molecular weight excluding hydrogens is 454 g/mol. The molecule has 4 aromatic rings. The molecule has 8 nitrogen and oxygen atoms in total. The molecule has 1 fully saturated rings. The Morgan fingerprint density at radius 1 is 0.972 bits per heavy atom. The summed E-state index contributed by atoms with van der Waals surface area (Å²) in [6, 6.07) is 16.7. The number of carbonyl (C=O) groups is 1. The number of nitrogens with one attached hydrogen (secondary N) is 1. The van der Waals surface area contributed by atoms with Gasteiger partial charge in [-0.1, -0.05) is 30.3 Å². The molecule has 36 heavy (non-hydrogen) atoms. The van der Waals surface area contributed by atoms with Crippen LogP contribution in [0.2, 0.25) is 0 Å². The van der Waals surface area contributed by atoms with Crippen LogP contribution in [0.5, 0.6) is 5.75 Å². The fourth-order valence-electron chi connectivity index (χ4n) is 4.85. The first-order chi connectivity index (χ1) is 17.3. The third kappa shape index (κ3) is 4.54. The Morgan fingerprint density at radius 3 is 2.28 bits per heavy atom. The van der Waals surface area contributed by atoms with Gasteiger partial charge in [-0.2, -0.15) is 0 Å². The Labute approximate surface area is 209 Å². The van der Waals surface area contributed by atoms with Crippen molar-refractivity contribution >= 4 is 11.6 Å². The van der Waals surface area contributed by atoms with Crippen molar-refractivity contribution < 1.29 is 9.90 Å². The predicted octanol–water partition coefficient (Wildman–Crippen LogP) is 4.34. The molecule has 184 valence electrons. The highest BCUT2D eigenvalue weighted by Gasteiger charge is 2.25. The van der Waals surface area contributed by atoms with Crippen molar-refractivity contribution in [2.75, 3.05) is 18.0 Å². The summed E-state index contributed by atoms with van der Waals surface area (Å²) in [4.78, 5) is 35.6. The lowest BCUT2D eigenvalue weighted by Crippen LogP contribution is -2.38. The Hall–Kier alpha value is -4.20. The number of hydrogen-bond donors (Lipinski definition) is 2. The predicted molar refractivity (Wildman–Crippen MR) is 139 cm³/mol. The molecule has 2 N–H and O–H groups in total. The molecule has 0 aliphatic carbocycles. The van der Waals surface area contributed by atoms with Crippen LogP contribution in [0.25, 0.3) is 11.4 Å². The highest BCUT2D eigenvalue weighted by molar-refractivity contribution is 6.09. The van der Waals surface area contributed by atoms with Crippen molar-refractivity contribution in [3.8, 4) is 17.1 Å². The van der Waals surface area contributed by atoms with E-state index in [1.807, 2.05) is 43.3 Å². The van der Waals surface area contributed by atoms with Gasteiger partial charge in [0, 0.05) is 35.5 Å². The van der Waals surface area contributed by atoms with E-state index in [0.717, 1.165) is 29.9 Å². The van der Waals surface area contributed by atoms with Gasteiger partial charge >= 0.3 is 5.69 Å². The quantitative estimate of drug-likeness (QED) is 0.409. The van der Waals surface area contributed by atoms with Crippen molar-refractivity contribution in [1.82, 2.24) is 19.7 Å². The zero-order valence-electron chi connectivity index (χ0n) is 20.7. The molecule has 0 radical (unpaired) electrons. The van der Waals surface area contributed by atoms with Gasteiger partial charge in [0.15, 0.2) is 11.6 Å². The van der Waals surface area contributed by atoms with Crippen LogP contribution in [0.3, 0.4) is 0 Å². The van der Waals surface area contributed by atoms with Crippen molar-refractivity contribution in [2.24, 2.45) is 0 Å². The SMILES string of the molecule is Cc1cc(C(=O)c2cc(C)c(O)c(C)c2)cc(N2CCC(n3nc(-c4ccccc4)[nH]c3=O)CC2)n1. The number of pyridine rings is 1. The van der Waals surface area contributed by atoms with E-state index in [0.29, 0.717) is 41.2 Å². The highest BCUT2D eigenvalue weighted by Crippen LogP contribution is 2.28. The van der Waals surface area contributed by atoms with Gasteiger partial charge in [-0.05, 0) is 69.0 Å². The summed E-state index contributed by atoms with van der Waals surface area (Å²) in [5.74, 6) is 1.45. The lowest BCUT2D eigenvalue weighted by molar-refractivity contribution is 0.103. The maximum Gasteiger partial charge on any atom is 0.343 e. The van der Waals surface area contributed by atoms with Crippen molar-refractivity contribution in [3.63, 3.8) is 0 Å². The van der Waals surface area contributed by atoms with Gasteiger partial charge in [-0.3, -0.25) is 9.78 Å². The molecule has 2 aromatic heterocycles. The van der Waals surface area contributed by atoms with Crippen LogP contribution in [0.1, 0.15) is 51.6 Å². The van der Waals surface area contributed by atoms with Gasteiger partial charge in [-0.15, -0.1) is 5.10 Å². The number of benzene rings is 2. The van der Waals surface area contributed by atoms with Crippen LogP contribution < -0.4 is 10.6 Å². The number of phenols is 1. The molecule has 3 heterocycles. The maximum absolute atomic E-state index is 13.3. The molecule has 1 saturated heterocycles. The second-order valence-electron chi connectivity index (χ2n) is 9.45. The number of nitrogens with zero attached hydrogens (tertiary/aromatic N) is 4. The smallest absolute Gasteiger partial charge is 0.343 e. The molecule has 0 unspecified atom stereocenters. The number of aromatic hydroxyl groups is 1. The number of H-pyrrole nitrogens is 1. The number of hydrogen-bond acceptors (Lipinski definition) is 6.